The lowest BCUT2D eigenvalue weighted by Crippen LogP contribution is -2.31. The highest BCUT2D eigenvalue weighted by atomic mass is 16.2. The number of aromatic nitrogens is 3. The van der Waals surface area contributed by atoms with E-state index in [1.807, 2.05) is 49.6 Å². The van der Waals surface area contributed by atoms with Crippen LogP contribution in [-0.4, -0.2) is 20.7 Å². The second-order valence-corrected chi connectivity index (χ2v) is 7.57. The van der Waals surface area contributed by atoms with Gasteiger partial charge in [-0.3, -0.25) is 14.5 Å². The third-order valence-corrected chi connectivity index (χ3v) is 4.18. The number of benzene rings is 1. The molecule has 1 unspecified atom stereocenters. The van der Waals surface area contributed by atoms with Crippen molar-refractivity contribution in [3.63, 3.8) is 0 Å². The number of pyridine rings is 1. The van der Waals surface area contributed by atoms with Gasteiger partial charge in [0.1, 0.15) is 0 Å². The maximum atomic E-state index is 12.9. The fraction of sp³-hybridized carbons (Fsp3) is 0.350. The van der Waals surface area contributed by atoms with Crippen LogP contribution in [0, 0.1) is 5.41 Å². The van der Waals surface area contributed by atoms with Crippen molar-refractivity contribution < 1.29 is 4.79 Å². The van der Waals surface area contributed by atoms with E-state index in [1.165, 1.54) is 0 Å². The zero-order chi connectivity index (χ0) is 18.0. The average molecular weight is 336 g/mol. The van der Waals surface area contributed by atoms with E-state index in [1.54, 1.807) is 10.9 Å². The van der Waals surface area contributed by atoms with E-state index >= 15 is 0 Å². The number of fused-ring (bicyclic) bond motifs is 1. The molecule has 0 aliphatic heterocycles. The minimum absolute atomic E-state index is 0.0694. The Hall–Kier alpha value is -2.69. The Labute approximate surface area is 148 Å². The number of aryl methyl sites for hydroxylation is 1. The van der Waals surface area contributed by atoms with E-state index in [9.17, 15) is 4.79 Å². The molecule has 3 aromatic rings. The fourth-order valence-electron chi connectivity index (χ4n) is 3.05. The summed E-state index contributed by atoms with van der Waals surface area (Å²) in [6.07, 6.45) is 4.37. The molecule has 2 aromatic heterocycles. The average Bonchev–Trinajstić information content (AvgIpc) is 2.91. The molecule has 25 heavy (non-hydrogen) atoms. The molecular formula is C20H24N4O. The molecule has 1 amide bonds. The van der Waals surface area contributed by atoms with Crippen molar-refractivity contribution in [3.05, 3.63) is 60.0 Å². The standard InChI is InChI=1S/C20H24N4O/c1-20(2,3)12-16(14-8-7-11-21-13-14)22-19(25)18-15-9-5-6-10-17(15)24(4)23-18/h5-11,13,16H,12H2,1-4H3,(H,22,25). The zero-order valence-corrected chi connectivity index (χ0v) is 15.2. The Balaban J connectivity index is 1.92. The number of hydrogen-bond acceptors (Lipinski definition) is 3. The molecule has 0 fully saturated rings. The summed E-state index contributed by atoms with van der Waals surface area (Å²) in [6, 6.07) is 11.6. The SMILES string of the molecule is Cn1nc(C(=O)NC(CC(C)(C)C)c2cccnc2)c2ccccc21. The van der Waals surface area contributed by atoms with Crippen molar-refractivity contribution in [2.24, 2.45) is 12.5 Å². The Kier molecular flexibility index (Phi) is 4.57. The molecule has 0 aliphatic rings. The van der Waals surface area contributed by atoms with Crippen molar-refractivity contribution in [1.82, 2.24) is 20.1 Å². The van der Waals surface area contributed by atoms with Crippen LogP contribution in [-0.2, 0) is 7.05 Å². The van der Waals surface area contributed by atoms with Crippen molar-refractivity contribution in [3.8, 4) is 0 Å². The van der Waals surface area contributed by atoms with Gasteiger partial charge in [-0.1, -0.05) is 45.0 Å². The fourth-order valence-corrected chi connectivity index (χ4v) is 3.05. The van der Waals surface area contributed by atoms with Gasteiger partial charge < -0.3 is 5.32 Å². The van der Waals surface area contributed by atoms with Crippen molar-refractivity contribution in [2.45, 2.75) is 33.2 Å². The van der Waals surface area contributed by atoms with Gasteiger partial charge in [0.15, 0.2) is 5.69 Å². The predicted molar refractivity (Wildman–Crippen MR) is 99.2 cm³/mol. The number of carbonyl (C=O) groups is 1. The first kappa shape index (κ1) is 17.1. The van der Waals surface area contributed by atoms with E-state index in [-0.39, 0.29) is 17.4 Å². The smallest absolute Gasteiger partial charge is 0.272 e. The molecule has 1 aromatic carbocycles. The molecular weight excluding hydrogens is 312 g/mol. The largest absolute Gasteiger partial charge is 0.344 e. The summed E-state index contributed by atoms with van der Waals surface area (Å²) in [5, 5.41) is 8.44. The first-order chi connectivity index (χ1) is 11.8. The summed E-state index contributed by atoms with van der Waals surface area (Å²) in [6.45, 7) is 6.50. The van der Waals surface area contributed by atoms with Crippen LogP contribution < -0.4 is 5.32 Å². The van der Waals surface area contributed by atoms with Gasteiger partial charge in [0.2, 0.25) is 0 Å². The molecule has 0 spiro atoms. The molecule has 5 heteroatoms. The number of carbonyl (C=O) groups excluding carboxylic acids is 1. The first-order valence-electron chi connectivity index (χ1n) is 8.48. The maximum absolute atomic E-state index is 12.9. The summed E-state index contributed by atoms with van der Waals surface area (Å²) in [5.74, 6) is -0.157. The summed E-state index contributed by atoms with van der Waals surface area (Å²) in [4.78, 5) is 17.1. The third kappa shape index (κ3) is 3.87. The summed E-state index contributed by atoms with van der Waals surface area (Å²) < 4.78 is 1.74. The molecule has 0 saturated heterocycles. The number of nitrogens with zero attached hydrogens (tertiary/aromatic N) is 3. The summed E-state index contributed by atoms with van der Waals surface area (Å²) >= 11 is 0. The van der Waals surface area contributed by atoms with Crippen LogP contribution in [0.25, 0.3) is 10.9 Å². The molecule has 1 N–H and O–H groups in total. The van der Waals surface area contributed by atoms with Gasteiger partial charge in [-0.05, 0) is 29.5 Å². The van der Waals surface area contributed by atoms with E-state index in [0.29, 0.717) is 5.69 Å². The van der Waals surface area contributed by atoms with Crippen LogP contribution in [0.2, 0.25) is 0 Å². The Morgan fingerprint density at radius 3 is 2.64 bits per heavy atom. The highest BCUT2D eigenvalue weighted by Gasteiger charge is 2.24. The van der Waals surface area contributed by atoms with Gasteiger partial charge in [0.25, 0.3) is 5.91 Å². The van der Waals surface area contributed by atoms with Crippen LogP contribution >= 0.6 is 0 Å². The molecule has 0 aliphatic carbocycles. The molecule has 0 saturated carbocycles. The number of rotatable bonds is 4. The normalized spacial score (nSPS) is 13.0. The Morgan fingerprint density at radius 1 is 1.20 bits per heavy atom. The van der Waals surface area contributed by atoms with Gasteiger partial charge >= 0.3 is 0 Å². The van der Waals surface area contributed by atoms with E-state index in [2.05, 4.69) is 36.2 Å². The predicted octanol–water partition coefficient (Wildman–Crippen LogP) is 3.88. The summed E-state index contributed by atoms with van der Waals surface area (Å²) in [5.41, 5.74) is 2.48. The highest BCUT2D eigenvalue weighted by Crippen LogP contribution is 2.29. The highest BCUT2D eigenvalue weighted by molar-refractivity contribution is 6.04. The van der Waals surface area contributed by atoms with Crippen LogP contribution in [0.1, 0.15) is 49.3 Å². The van der Waals surface area contributed by atoms with Gasteiger partial charge in [0, 0.05) is 24.8 Å². The minimum atomic E-state index is -0.157. The van der Waals surface area contributed by atoms with Crippen LogP contribution in [0.4, 0.5) is 0 Å². The minimum Gasteiger partial charge on any atom is -0.344 e. The monoisotopic (exact) mass is 336 g/mol. The number of para-hydroxylation sites is 1. The second-order valence-electron chi connectivity index (χ2n) is 7.57. The number of hydrogen-bond donors (Lipinski definition) is 1. The van der Waals surface area contributed by atoms with E-state index < -0.39 is 0 Å². The Bertz CT molecular complexity index is 878. The van der Waals surface area contributed by atoms with E-state index in [0.717, 1.165) is 22.9 Å². The quantitative estimate of drug-likeness (QED) is 0.786. The lowest BCUT2D eigenvalue weighted by atomic mass is 9.85. The lowest BCUT2D eigenvalue weighted by molar-refractivity contribution is 0.0922. The molecule has 2 heterocycles. The van der Waals surface area contributed by atoms with Crippen LogP contribution in [0.5, 0.6) is 0 Å². The van der Waals surface area contributed by atoms with Gasteiger partial charge in [0.05, 0.1) is 11.6 Å². The molecule has 5 nitrogen and oxygen atoms in total. The van der Waals surface area contributed by atoms with Crippen molar-refractivity contribution in [1.29, 1.82) is 0 Å². The second kappa shape index (κ2) is 6.67. The van der Waals surface area contributed by atoms with Gasteiger partial charge in [-0.25, -0.2) is 0 Å². The molecule has 0 bridgehead atoms. The van der Waals surface area contributed by atoms with Crippen molar-refractivity contribution >= 4 is 16.8 Å². The molecule has 1 atom stereocenters. The topological polar surface area (TPSA) is 59.8 Å². The molecule has 0 radical (unpaired) electrons. The lowest BCUT2D eigenvalue weighted by Gasteiger charge is -2.26. The number of nitrogens with one attached hydrogen (secondary N) is 1. The maximum Gasteiger partial charge on any atom is 0.272 e. The van der Waals surface area contributed by atoms with Crippen LogP contribution in [0.3, 0.4) is 0 Å². The first-order valence-corrected chi connectivity index (χ1v) is 8.48. The number of amides is 1. The van der Waals surface area contributed by atoms with Crippen LogP contribution in [0.15, 0.2) is 48.8 Å². The zero-order valence-electron chi connectivity index (χ0n) is 15.2. The van der Waals surface area contributed by atoms with Gasteiger partial charge in [-0.15, -0.1) is 0 Å². The van der Waals surface area contributed by atoms with Crippen molar-refractivity contribution in [2.75, 3.05) is 0 Å². The summed E-state index contributed by atoms with van der Waals surface area (Å²) in [7, 11) is 1.85. The Morgan fingerprint density at radius 2 is 1.96 bits per heavy atom. The van der Waals surface area contributed by atoms with Gasteiger partial charge in [-0.2, -0.15) is 5.10 Å². The van der Waals surface area contributed by atoms with E-state index in [4.69, 9.17) is 0 Å². The molecule has 130 valence electrons. The third-order valence-electron chi connectivity index (χ3n) is 4.18. The molecule has 3 rings (SSSR count).